The average molecular weight is 312 g/mol. The molecule has 1 aromatic carbocycles. The summed E-state index contributed by atoms with van der Waals surface area (Å²) in [7, 11) is 0. The lowest BCUT2D eigenvalue weighted by atomic mass is 10.1. The SMILES string of the molecule is c1ccc(COc2cccc(CCCN3CCOCC3)c2)nc1. The molecule has 2 aromatic rings. The van der Waals surface area contributed by atoms with Gasteiger partial charge in [0.1, 0.15) is 12.4 Å². The molecule has 0 spiro atoms. The highest BCUT2D eigenvalue weighted by Gasteiger charge is 2.09. The van der Waals surface area contributed by atoms with E-state index in [4.69, 9.17) is 9.47 Å². The molecule has 122 valence electrons. The van der Waals surface area contributed by atoms with Crippen LogP contribution in [0.5, 0.6) is 5.75 Å². The highest BCUT2D eigenvalue weighted by Crippen LogP contribution is 2.16. The van der Waals surface area contributed by atoms with Crippen molar-refractivity contribution in [2.24, 2.45) is 0 Å². The van der Waals surface area contributed by atoms with Crippen molar-refractivity contribution in [2.45, 2.75) is 19.4 Å². The Bertz CT molecular complexity index is 583. The van der Waals surface area contributed by atoms with Crippen LogP contribution in [0.3, 0.4) is 0 Å². The lowest BCUT2D eigenvalue weighted by Crippen LogP contribution is -2.36. The number of rotatable bonds is 7. The van der Waals surface area contributed by atoms with Crippen LogP contribution in [0.2, 0.25) is 0 Å². The van der Waals surface area contributed by atoms with Gasteiger partial charge in [-0.3, -0.25) is 9.88 Å². The fourth-order valence-corrected chi connectivity index (χ4v) is 2.76. The van der Waals surface area contributed by atoms with Crippen LogP contribution in [0.4, 0.5) is 0 Å². The molecule has 0 amide bonds. The average Bonchev–Trinajstić information content (AvgIpc) is 2.62. The summed E-state index contributed by atoms with van der Waals surface area (Å²) in [6.07, 6.45) is 4.04. The monoisotopic (exact) mass is 312 g/mol. The van der Waals surface area contributed by atoms with Gasteiger partial charge < -0.3 is 9.47 Å². The predicted molar refractivity (Wildman–Crippen MR) is 90.6 cm³/mol. The normalized spacial score (nSPS) is 15.5. The molecule has 0 aliphatic carbocycles. The molecule has 0 bridgehead atoms. The number of hydrogen-bond donors (Lipinski definition) is 0. The molecule has 0 radical (unpaired) electrons. The van der Waals surface area contributed by atoms with Gasteiger partial charge in [0.15, 0.2) is 0 Å². The number of pyridine rings is 1. The molecule has 4 nitrogen and oxygen atoms in total. The van der Waals surface area contributed by atoms with Crippen LogP contribution < -0.4 is 4.74 Å². The molecule has 0 N–H and O–H groups in total. The topological polar surface area (TPSA) is 34.6 Å². The van der Waals surface area contributed by atoms with E-state index in [-0.39, 0.29) is 0 Å². The lowest BCUT2D eigenvalue weighted by Gasteiger charge is -2.26. The number of hydrogen-bond acceptors (Lipinski definition) is 4. The molecule has 1 aliphatic heterocycles. The maximum Gasteiger partial charge on any atom is 0.130 e. The summed E-state index contributed by atoms with van der Waals surface area (Å²) >= 11 is 0. The molecule has 0 saturated carbocycles. The van der Waals surface area contributed by atoms with E-state index in [1.54, 1.807) is 6.20 Å². The third-order valence-corrected chi connectivity index (χ3v) is 4.05. The maximum absolute atomic E-state index is 5.84. The summed E-state index contributed by atoms with van der Waals surface area (Å²) in [5.41, 5.74) is 2.28. The van der Waals surface area contributed by atoms with Crippen LogP contribution in [-0.4, -0.2) is 42.7 Å². The molecule has 1 saturated heterocycles. The first-order valence-corrected chi connectivity index (χ1v) is 8.32. The first kappa shape index (κ1) is 16.0. The lowest BCUT2D eigenvalue weighted by molar-refractivity contribution is 0.0374. The van der Waals surface area contributed by atoms with Crippen molar-refractivity contribution in [2.75, 3.05) is 32.8 Å². The van der Waals surface area contributed by atoms with Gasteiger partial charge in [-0.25, -0.2) is 0 Å². The van der Waals surface area contributed by atoms with Gasteiger partial charge in [0.25, 0.3) is 0 Å². The number of ether oxygens (including phenoxy) is 2. The standard InChI is InChI=1S/C19H24N2O2/c1-2-9-20-18(7-1)16-23-19-8-3-5-17(15-19)6-4-10-21-11-13-22-14-12-21/h1-3,5,7-9,15H,4,6,10-14,16H2. The van der Waals surface area contributed by atoms with Gasteiger partial charge in [-0.1, -0.05) is 18.2 Å². The predicted octanol–water partition coefficient (Wildman–Crippen LogP) is 2.93. The maximum atomic E-state index is 5.84. The van der Waals surface area contributed by atoms with E-state index >= 15 is 0 Å². The van der Waals surface area contributed by atoms with Crippen molar-refractivity contribution in [1.82, 2.24) is 9.88 Å². The highest BCUT2D eigenvalue weighted by atomic mass is 16.5. The molecule has 1 aromatic heterocycles. The smallest absolute Gasteiger partial charge is 0.130 e. The van der Waals surface area contributed by atoms with Gasteiger partial charge >= 0.3 is 0 Å². The van der Waals surface area contributed by atoms with E-state index in [1.807, 2.05) is 24.3 Å². The molecule has 0 unspecified atom stereocenters. The van der Waals surface area contributed by atoms with Crippen molar-refractivity contribution >= 4 is 0 Å². The second kappa shape index (κ2) is 8.65. The van der Waals surface area contributed by atoms with E-state index < -0.39 is 0 Å². The second-order valence-corrected chi connectivity index (χ2v) is 5.81. The molecule has 1 fully saturated rings. The van der Waals surface area contributed by atoms with Crippen molar-refractivity contribution in [1.29, 1.82) is 0 Å². The molecule has 1 aliphatic rings. The molecular weight excluding hydrogens is 288 g/mol. The number of nitrogens with zero attached hydrogens (tertiary/aromatic N) is 2. The van der Waals surface area contributed by atoms with Crippen LogP contribution in [0.1, 0.15) is 17.7 Å². The van der Waals surface area contributed by atoms with Crippen LogP contribution in [-0.2, 0) is 17.8 Å². The van der Waals surface area contributed by atoms with Crippen molar-refractivity contribution in [3.8, 4) is 5.75 Å². The first-order valence-electron chi connectivity index (χ1n) is 8.32. The van der Waals surface area contributed by atoms with Crippen molar-refractivity contribution in [3.63, 3.8) is 0 Å². The van der Waals surface area contributed by atoms with Gasteiger partial charge in [0, 0.05) is 19.3 Å². The minimum atomic E-state index is 0.512. The molecular formula is C19H24N2O2. The molecule has 4 heteroatoms. The number of aromatic nitrogens is 1. The van der Waals surface area contributed by atoms with E-state index in [2.05, 4.69) is 28.1 Å². The Kier molecular flexibility index (Phi) is 6.01. The van der Waals surface area contributed by atoms with E-state index in [0.717, 1.165) is 50.7 Å². The summed E-state index contributed by atoms with van der Waals surface area (Å²) in [4.78, 5) is 6.75. The quantitative estimate of drug-likeness (QED) is 0.787. The number of aryl methyl sites for hydroxylation is 1. The molecule has 3 rings (SSSR count). The zero-order chi connectivity index (χ0) is 15.7. The van der Waals surface area contributed by atoms with Gasteiger partial charge in [-0.2, -0.15) is 0 Å². The summed E-state index contributed by atoms with van der Waals surface area (Å²) in [6, 6.07) is 14.3. The second-order valence-electron chi connectivity index (χ2n) is 5.81. The minimum absolute atomic E-state index is 0.512. The van der Waals surface area contributed by atoms with Crippen LogP contribution >= 0.6 is 0 Å². The van der Waals surface area contributed by atoms with Gasteiger partial charge in [0.05, 0.1) is 18.9 Å². The molecule has 0 atom stereocenters. The molecule has 2 heterocycles. The first-order chi connectivity index (χ1) is 11.4. The fraction of sp³-hybridized carbons (Fsp3) is 0.421. The summed E-state index contributed by atoms with van der Waals surface area (Å²) in [6.45, 7) is 5.52. The van der Waals surface area contributed by atoms with E-state index in [1.165, 1.54) is 12.0 Å². The third-order valence-electron chi connectivity index (χ3n) is 4.05. The van der Waals surface area contributed by atoms with Crippen molar-refractivity contribution in [3.05, 3.63) is 59.9 Å². The van der Waals surface area contributed by atoms with Crippen LogP contribution in [0.25, 0.3) is 0 Å². The highest BCUT2D eigenvalue weighted by molar-refractivity contribution is 5.28. The van der Waals surface area contributed by atoms with E-state index in [9.17, 15) is 0 Å². The summed E-state index contributed by atoms with van der Waals surface area (Å²) < 4.78 is 11.2. The Balaban J connectivity index is 1.45. The Morgan fingerprint density at radius 3 is 2.83 bits per heavy atom. The minimum Gasteiger partial charge on any atom is -0.487 e. The Morgan fingerprint density at radius 1 is 1.09 bits per heavy atom. The van der Waals surface area contributed by atoms with Crippen LogP contribution in [0, 0.1) is 0 Å². The van der Waals surface area contributed by atoms with Gasteiger partial charge in [-0.15, -0.1) is 0 Å². The van der Waals surface area contributed by atoms with Crippen molar-refractivity contribution < 1.29 is 9.47 Å². The zero-order valence-corrected chi connectivity index (χ0v) is 13.5. The Morgan fingerprint density at radius 2 is 2.00 bits per heavy atom. The zero-order valence-electron chi connectivity index (χ0n) is 13.5. The Hall–Kier alpha value is -1.91. The third kappa shape index (κ3) is 5.34. The summed E-state index contributed by atoms with van der Waals surface area (Å²) in [5, 5.41) is 0. The largest absolute Gasteiger partial charge is 0.487 e. The van der Waals surface area contributed by atoms with Gasteiger partial charge in [-0.05, 0) is 49.2 Å². The van der Waals surface area contributed by atoms with E-state index in [0.29, 0.717) is 6.61 Å². The van der Waals surface area contributed by atoms with Gasteiger partial charge in [0.2, 0.25) is 0 Å². The number of benzene rings is 1. The molecule has 23 heavy (non-hydrogen) atoms. The Labute approximate surface area is 138 Å². The summed E-state index contributed by atoms with van der Waals surface area (Å²) in [5.74, 6) is 0.916. The fourth-order valence-electron chi connectivity index (χ4n) is 2.76. The number of morpholine rings is 1. The van der Waals surface area contributed by atoms with Crippen LogP contribution in [0.15, 0.2) is 48.7 Å².